The van der Waals surface area contributed by atoms with Crippen LogP contribution in [-0.4, -0.2) is 52.1 Å². The van der Waals surface area contributed by atoms with Gasteiger partial charge in [0.2, 0.25) is 5.91 Å². The lowest BCUT2D eigenvalue weighted by molar-refractivity contribution is -0.136. The van der Waals surface area contributed by atoms with Crippen molar-refractivity contribution in [1.29, 1.82) is 0 Å². The normalized spacial score (nSPS) is 19.2. The molecular formula is C17H23N5O2. The van der Waals surface area contributed by atoms with Crippen LogP contribution in [0.1, 0.15) is 36.7 Å². The number of carbonyl (C=O) groups excluding carboxylic acids is 2. The first-order chi connectivity index (χ1) is 11.6. The first kappa shape index (κ1) is 16.4. The highest BCUT2D eigenvalue weighted by atomic mass is 16.2. The molecular weight excluding hydrogens is 306 g/mol. The minimum atomic E-state index is -0.611. The van der Waals surface area contributed by atoms with Gasteiger partial charge in [0.05, 0.1) is 5.52 Å². The van der Waals surface area contributed by atoms with Gasteiger partial charge in [-0.3, -0.25) is 14.7 Å². The zero-order valence-electron chi connectivity index (χ0n) is 13.8. The van der Waals surface area contributed by atoms with Gasteiger partial charge in [0.15, 0.2) is 5.69 Å². The van der Waals surface area contributed by atoms with E-state index in [9.17, 15) is 9.59 Å². The summed E-state index contributed by atoms with van der Waals surface area (Å²) < 4.78 is 0. The molecule has 0 bridgehead atoms. The fourth-order valence-corrected chi connectivity index (χ4v) is 3.25. The molecule has 1 saturated heterocycles. The minimum absolute atomic E-state index is 0.0665. The summed E-state index contributed by atoms with van der Waals surface area (Å²) in [7, 11) is 0. The molecule has 1 aliphatic heterocycles. The molecule has 4 N–H and O–H groups in total. The van der Waals surface area contributed by atoms with Crippen molar-refractivity contribution in [2.24, 2.45) is 5.73 Å². The van der Waals surface area contributed by atoms with Gasteiger partial charge in [-0.2, -0.15) is 5.10 Å². The van der Waals surface area contributed by atoms with Gasteiger partial charge < -0.3 is 16.0 Å². The fraction of sp³-hybridized carbons (Fsp3) is 0.471. The number of benzene rings is 1. The second-order valence-corrected chi connectivity index (χ2v) is 6.23. The molecule has 0 radical (unpaired) electrons. The van der Waals surface area contributed by atoms with Gasteiger partial charge in [0.1, 0.15) is 6.04 Å². The molecule has 7 nitrogen and oxygen atoms in total. The molecule has 2 amide bonds. The molecule has 0 saturated carbocycles. The van der Waals surface area contributed by atoms with E-state index in [2.05, 4.69) is 15.5 Å². The molecule has 1 aliphatic rings. The second kappa shape index (κ2) is 7.00. The number of hydrogen-bond donors (Lipinski definition) is 3. The highest BCUT2D eigenvalue weighted by molar-refractivity contribution is 6.05. The maximum absolute atomic E-state index is 12.7. The fourth-order valence-electron chi connectivity index (χ4n) is 3.25. The van der Waals surface area contributed by atoms with Gasteiger partial charge >= 0.3 is 0 Å². The van der Waals surface area contributed by atoms with Crippen LogP contribution in [0.3, 0.4) is 0 Å². The summed E-state index contributed by atoms with van der Waals surface area (Å²) >= 11 is 0. The van der Waals surface area contributed by atoms with Gasteiger partial charge in [-0.15, -0.1) is 0 Å². The van der Waals surface area contributed by atoms with Crippen LogP contribution < -0.4 is 11.1 Å². The zero-order chi connectivity index (χ0) is 17.1. The second-order valence-electron chi connectivity index (χ2n) is 6.23. The van der Waals surface area contributed by atoms with Crippen LogP contribution in [0.5, 0.6) is 0 Å². The summed E-state index contributed by atoms with van der Waals surface area (Å²) in [4.78, 5) is 26.9. The molecule has 3 rings (SSSR count). The lowest BCUT2D eigenvalue weighted by Crippen LogP contribution is -2.54. The third-order valence-electron chi connectivity index (χ3n) is 4.59. The largest absolute Gasteiger partial charge is 0.339 e. The van der Waals surface area contributed by atoms with Gasteiger partial charge in [0.25, 0.3) is 5.91 Å². The predicted octanol–water partition coefficient (Wildman–Crippen LogP) is 1.02. The first-order valence-electron chi connectivity index (χ1n) is 8.36. The highest BCUT2D eigenvalue weighted by Crippen LogP contribution is 2.18. The van der Waals surface area contributed by atoms with E-state index in [4.69, 9.17) is 5.73 Å². The van der Waals surface area contributed by atoms with Crippen LogP contribution in [0, 0.1) is 0 Å². The van der Waals surface area contributed by atoms with E-state index < -0.39 is 6.04 Å². The summed E-state index contributed by atoms with van der Waals surface area (Å²) in [5.74, 6) is -0.437. The SMILES string of the molecule is CC(NC(=O)c1n[nH]c2ccccc12)C(=O)N1CCCCC1CN. The summed E-state index contributed by atoms with van der Waals surface area (Å²) in [5, 5.41) is 10.4. The number of amides is 2. The monoisotopic (exact) mass is 329 g/mol. The number of para-hydroxylation sites is 1. The Kier molecular flexibility index (Phi) is 4.80. The highest BCUT2D eigenvalue weighted by Gasteiger charge is 2.30. The molecule has 2 aromatic rings. The Labute approximate surface area is 140 Å². The molecule has 128 valence electrons. The standard InChI is InChI=1S/C17H23N5O2/c1-11(17(24)22-9-5-4-6-12(22)10-18)19-16(23)15-13-7-2-3-8-14(13)20-21-15/h2-3,7-8,11-12H,4-6,9-10,18H2,1H3,(H,19,23)(H,20,21). The molecule has 1 fully saturated rings. The van der Waals surface area contributed by atoms with Crippen LogP contribution in [-0.2, 0) is 4.79 Å². The van der Waals surface area contributed by atoms with E-state index in [0.29, 0.717) is 18.8 Å². The predicted molar refractivity (Wildman–Crippen MR) is 91.4 cm³/mol. The molecule has 2 unspecified atom stereocenters. The zero-order valence-corrected chi connectivity index (χ0v) is 13.8. The first-order valence-corrected chi connectivity index (χ1v) is 8.36. The van der Waals surface area contributed by atoms with Gasteiger partial charge in [0, 0.05) is 24.5 Å². The van der Waals surface area contributed by atoms with E-state index in [-0.39, 0.29) is 17.9 Å². The topological polar surface area (TPSA) is 104 Å². The number of nitrogens with two attached hydrogens (primary N) is 1. The molecule has 24 heavy (non-hydrogen) atoms. The molecule has 0 aliphatic carbocycles. The van der Waals surface area contributed by atoms with Crippen LogP contribution in [0.2, 0.25) is 0 Å². The van der Waals surface area contributed by atoms with E-state index >= 15 is 0 Å². The summed E-state index contributed by atoms with van der Waals surface area (Å²) in [6.45, 7) is 2.86. The van der Waals surface area contributed by atoms with Gasteiger partial charge in [-0.25, -0.2) is 0 Å². The van der Waals surface area contributed by atoms with Crippen LogP contribution in [0.4, 0.5) is 0 Å². The van der Waals surface area contributed by atoms with Crippen molar-refractivity contribution in [3.8, 4) is 0 Å². The number of rotatable bonds is 4. The average Bonchev–Trinajstić information content (AvgIpc) is 3.05. The number of nitrogens with one attached hydrogen (secondary N) is 2. The van der Waals surface area contributed by atoms with Crippen LogP contribution >= 0.6 is 0 Å². The lowest BCUT2D eigenvalue weighted by Gasteiger charge is -2.36. The summed E-state index contributed by atoms with van der Waals surface area (Å²) in [6, 6.07) is 6.86. The Bertz CT molecular complexity index is 741. The number of aromatic amines is 1. The van der Waals surface area contributed by atoms with Gasteiger partial charge in [-0.05, 0) is 32.3 Å². The smallest absolute Gasteiger partial charge is 0.273 e. The number of carbonyl (C=O) groups is 2. The van der Waals surface area contributed by atoms with E-state index in [1.807, 2.05) is 24.3 Å². The maximum atomic E-state index is 12.7. The minimum Gasteiger partial charge on any atom is -0.339 e. The molecule has 0 spiro atoms. The number of likely N-dealkylation sites (tertiary alicyclic amines) is 1. The van der Waals surface area contributed by atoms with Crippen molar-refractivity contribution >= 4 is 22.7 Å². The summed E-state index contributed by atoms with van der Waals surface area (Å²) in [5.41, 5.74) is 6.87. The van der Waals surface area contributed by atoms with E-state index in [1.54, 1.807) is 11.8 Å². The van der Waals surface area contributed by atoms with Crippen molar-refractivity contribution in [1.82, 2.24) is 20.4 Å². The molecule has 2 heterocycles. The Morgan fingerprint density at radius 2 is 2.21 bits per heavy atom. The molecule has 1 aromatic carbocycles. The van der Waals surface area contributed by atoms with E-state index in [1.165, 1.54) is 0 Å². The molecule has 7 heteroatoms. The summed E-state index contributed by atoms with van der Waals surface area (Å²) in [6.07, 6.45) is 2.99. The lowest BCUT2D eigenvalue weighted by atomic mass is 10.0. The third-order valence-corrected chi connectivity index (χ3v) is 4.59. The van der Waals surface area contributed by atoms with Crippen molar-refractivity contribution in [2.45, 2.75) is 38.3 Å². The van der Waals surface area contributed by atoms with Crippen LogP contribution in [0.25, 0.3) is 10.9 Å². The third kappa shape index (κ3) is 3.12. The Balaban J connectivity index is 1.70. The van der Waals surface area contributed by atoms with E-state index in [0.717, 1.165) is 30.2 Å². The van der Waals surface area contributed by atoms with Gasteiger partial charge in [-0.1, -0.05) is 18.2 Å². The molecule has 2 atom stereocenters. The quantitative estimate of drug-likeness (QED) is 0.779. The Morgan fingerprint density at radius 3 is 3.00 bits per heavy atom. The number of H-pyrrole nitrogens is 1. The Morgan fingerprint density at radius 1 is 1.42 bits per heavy atom. The number of piperidine rings is 1. The van der Waals surface area contributed by atoms with Crippen molar-refractivity contribution in [3.63, 3.8) is 0 Å². The van der Waals surface area contributed by atoms with Crippen molar-refractivity contribution in [3.05, 3.63) is 30.0 Å². The number of hydrogen-bond acceptors (Lipinski definition) is 4. The number of nitrogens with zero attached hydrogens (tertiary/aromatic N) is 2. The number of fused-ring (bicyclic) bond motifs is 1. The average molecular weight is 329 g/mol. The van der Waals surface area contributed by atoms with Crippen molar-refractivity contribution < 1.29 is 9.59 Å². The molecule has 1 aromatic heterocycles. The van der Waals surface area contributed by atoms with Crippen molar-refractivity contribution in [2.75, 3.05) is 13.1 Å². The number of aromatic nitrogens is 2. The van der Waals surface area contributed by atoms with Crippen LogP contribution in [0.15, 0.2) is 24.3 Å². The Hall–Kier alpha value is -2.41. The maximum Gasteiger partial charge on any atom is 0.273 e.